The van der Waals surface area contributed by atoms with Gasteiger partial charge in [-0.25, -0.2) is 4.98 Å². The second-order valence-electron chi connectivity index (χ2n) is 8.26. The number of carbonyl (C=O) groups is 2. The first kappa shape index (κ1) is 20.7. The van der Waals surface area contributed by atoms with Gasteiger partial charge in [-0.3, -0.25) is 9.59 Å². The van der Waals surface area contributed by atoms with Gasteiger partial charge in [-0.05, 0) is 41.9 Å². The molecule has 0 bridgehead atoms. The first-order valence-corrected chi connectivity index (χ1v) is 11.6. The molecule has 1 saturated heterocycles. The molecule has 0 aliphatic carbocycles. The van der Waals surface area contributed by atoms with E-state index < -0.39 is 0 Å². The quantitative estimate of drug-likeness (QED) is 0.651. The SMILES string of the molecule is CN1CCN(c2ccc(-c3ccc4c(c3)C(=O)N(CC(=O)Nc3nccs3)C4)cc2)CC1. The van der Waals surface area contributed by atoms with E-state index in [1.807, 2.05) is 12.1 Å². The van der Waals surface area contributed by atoms with Crippen LogP contribution in [0.25, 0.3) is 11.1 Å². The summed E-state index contributed by atoms with van der Waals surface area (Å²) in [5.41, 5.74) is 4.95. The third-order valence-corrected chi connectivity index (χ3v) is 6.76. The van der Waals surface area contributed by atoms with Gasteiger partial charge in [0.1, 0.15) is 6.54 Å². The molecule has 0 atom stereocenters. The lowest BCUT2D eigenvalue weighted by molar-refractivity contribution is -0.116. The summed E-state index contributed by atoms with van der Waals surface area (Å²) in [5, 5.41) is 5.08. The van der Waals surface area contributed by atoms with Crippen LogP contribution < -0.4 is 10.2 Å². The summed E-state index contributed by atoms with van der Waals surface area (Å²) in [6.07, 6.45) is 1.64. The van der Waals surface area contributed by atoms with E-state index in [0.717, 1.165) is 42.9 Å². The Kier molecular flexibility index (Phi) is 5.63. The summed E-state index contributed by atoms with van der Waals surface area (Å²) in [6.45, 7) is 4.69. The fraction of sp³-hybridized carbons (Fsp3) is 0.292. The van der Waals surface area contributed by atoms with Gasteiger partial charge in [0.2, 0.25) is 5.91 Å². The zero-order valence-corrected chi connectivity index (χ0v) is 18.8. The average molecular weight is 448 g/mol. The standard InChI is InChI=1S/C24H25N5O2S/c1-27-9-11-28(12-10-27)20-6-4-17(5-7-20)18-2-3-19-15-29(23(31)21(19)14-18)16-22(30)26-24-25-8-13-32-24/h2-8,13-14H,9-12,15-16H2,1H3,(H,25,26,30). The minimum atomic E-state index is -0.235. The summed E-state index contributed by atoms with van der Waals surface area (Å²) in [5.74, 6) is -0.342. The number of nitrogens with one attached hydrogen (secondary N) is 1. The number of anilines is 2. The van der Waals surface area contributed by atoms with Crippen LogP contribution in [0.1, 0.15) is 15.9 Å². The van der Waals surface area contributed by atoms with Crippen LogP contribution in [0.2, 0.25) is 0 Å². The van der Waals surface area contributed by atoms with E-state index in [2.05, 4.69) is 57.5 Å². The molecule has 0 radical (unpaired) electrons. The molecule has 0 spiro atoms. The Balaban J connectivity index is 1.27. The van der Waals surface area contributed by atoms with Gasteiger partial charge < -0.3 is 20.0 Å². The number of likely N-dealkylation sites (N-methyl/N-ethyl adjacent to an activating group) is 1. The highest BCUT2D eigenvalue weighted by atomic mass is 32.1. The number of benzene rings is 2. The Bertz CT molecular complexity index is 1120. The van der Waals surface area contributed by atoms with E-state index in [9.17, 15) is 9.59 Å². The Morgan fingerprint density at radius 2 is 1.81 bits per heavy atom. The lowest BCUT2D eigenvalue weighted by Crippen LogP contribution is -2.44. The molecule has 2 amide bonds. The second-order valence-corrected chi connectivity index (χ2v) is 9.15. The first-order valence-electron chi connectivity index (χ1n) is 10.7. The number of aromatic nitrogens is 1. The topological polar surface area (TPSA) is 68.8 Å². The van der Waals surface area contributed by atoms with Crippen molar-refractivity contribution in [2.45, 2.75) is 6.54 Å². The molecule has 2 aliphatic heterocycles. The number of piperazine rings is 1. The zero-order valence-electron chi connectivity index (χ0n) is 18.0. The van der Waals surface area contributed by atoms with Crippen molar-refractivity contribution in [3.05, 3.63) is 65.2 Å². The maximum absolute atomic E-state index is 12.9. The summed E-state index contributed by atoms with van der Waals surface area (Å²) in [4.78, 5) is 35.6. The normalized spacial score (nSPS) is 16.3. The minimum Gasteiger partial charge on any atom is -0.369 e. The van der Waals surface area contributed by atoms with Gasteiger partial charge in [0.05, 0.1) is 0 Å². The molecule has 0 unspecified atom stereocenters. The molecule has 1 fully saturated rings. The minimum absolute atomic E-state index is 0.0160. The van der Waals surface area contributed by atoms with Gasteiger partial charge in [-0.1, -0.05) is 24.3 Å². The number of hydrogen-bond acceptors (Lipinski definition) is 6. The van der Waals surface area contributed by atoms with E-state index in [-0.39, 0.29) is 18.4 Å². The first-order chi connectivity index (χ1) is 15.6. The molecule has 3 heterocycles. The Morgan fingerprint density at radius 3 is 2.53 bits per heavy atom. The van der Waals surface area contributed by atoms with Crippen LogP contribution in [0.3, 0.4) is 0 Å². The third-order valence-electron chi connectivity index (χ3n) is 6.07. The largest absolute Gasteiger partial charge is 0.369 e. The maximum atomic E-state index is 12.9. The fourth-order valence-electron chi connectivity index (χ4n) is 4.22. The van der Waals surface area contributed by atoms with Crippen molar-refractivity contribution in [2.24, 2.45) is 0 Å². The Hall–Kier alpha value is -3.23. The fourth-order valence-corrected chi connectivity index (χ4v) is 4.76. The predicted octanol–water partition coefficient (Wildman–Crippen LogP) is 3.16. The Morgan fingerprint density at radius 1 is 1.06 bits per heavy atom. The summed E-state index contributed by atoms with van der Waals surface area (Å²) in [6, 6.07) is 14.5. The lowest BCUT2D eigenvalue weighted by atomic mass is 10.00. The van der Waals surface area contributed by atoms with Gasteiger partial charge in [-0.2, -0.15) is 0 Å². The van der Waals surface area contributed by atoms with Crippen molar-refractivity contribution >= 4 is 34.0 Å². The summed E-state index contributed by atoms with van der Waals surface area (Å²) in [7, 11) is 2.16. The molecule has 2 aromatic carbocycles. The van der Waals surface area contributed by atoms with Crippen LogP contribution in [0, 0.1) is 0 Å². The average Bonchev–Trinajstić information content (AvgIpc) is 3.42. The summed E-state index contributed by atoms with van der Waals surface area (Å²) < 4.78 is 0. The molecule has 32 heavy (non-hydrogen) atoms. The highest BCUT2D eigenvalue weighted by Crippen LogP contribution is 2.30. The molecule has 7 nitrogen and oxygen atoms in total. The van der Waals surface area contributed by atoms with E-state index in [4.69, 9.17) is 0 Å². The molecule has 2 aliphatic rings. The van der Waals surface area contributed by atoms with E-state index in [1.165, 1.54) is 17.0 Å². The number of rotatable bonds is 5. The number of thiazole rings is 1. The van der Waals surface area contributed by atoms with Crippen molar-refractivity contribution in [3.63, 3.8) is 0 Å². The Labute approximate surface area is 191 Å². The number of nitrogens with zero attached hydrogens (tertiary/aromatic N) is 4. The molecule has 8 heteroatoms. The van der Waals surface area contributed by atoms with Gasteiger partial charge >= 0.3 is 0 Å². The molecule has 5 rings (SSSR count). The lowest BCUT2D eigenvalue weighted by Gasteiger charge is -2.34. The van der Waals surface area contributed by atoms with Crippen LogP contribution >= 0.6 is 11.3 Å². The number of fused-ring (bicyclic) bond motifs is 1. The molecule has 0 saturated carbocycles. The highest BCUT2D eigenvalue weighted by molar-refractivity contribution is 7.13. The van der Waals surface area contributed by atoms with E-state index in [0.29, 0.717) is 17.2 Å². The maximum Gasteiger partial charge on any atom is 0.254 e. The van der Waals surface area contributed by atoms with Crippen LogP contribution in [0.4, 0.5) is 10.8 Å². The summed E-state index contributed by atoms with van der Waals surface area (Å²) >= 11 is 1.36. The molecule has 1 aromatic heterocycles. The predicted molar refractivity (Wildman–Crippen MR) is 127 cm³/mol. The van der Waals surface area contributed by atoms with Crippen LogP contribution in [-0.4, -0.2) is 66.4 Å². The van der Waals surface area contributed by atoms with Crippen LogP contribution in [0.5, 0.6) is 0 Å². The van der Waals surface area contributed by atoms with Crippen molar-refractivity contribution < 1.29 is 9.59 Å². The third kappa shape index (κ3) is 4.24. The molecule has 164 valence electrons. The monoisotopic (exact) mass is 447 g/mol. The highest BCUT2D eigenvalue weighted by Gasteiger charge is 2.29. The number of carbonyl (C=O) groups excluding carboxylic acids is 2. The second kappa shape index (κ2) is 8.72. The van der Waals surface area contributed by atoms with Crippen LogP contribution in [0.15, 0.2) is 54.0 Å². The van der Waals surface area contributed by atoms with Gasteiger partial charge in [0.15, 0.2) is 5.13 Å². The van der Waals surface area contributed by atoms with Gasteiger partial charge in [0.25, 0.3) is 5.91 Å². The molecule has 1 N–H and O–H groups in total. The van der Waals surface area contributed by atoms with E-state index >= 15 is 0 Å². The number of amides is 2. The van der Waals surface area contributed by atoms with Crippen LogP contribution in [-0.2, 0) is 11.3 Å². The van der Waals surface area contributed by atoms with Crippen molar-refractivity contribution in [2.75, 3.05) is 50.0 Å². The van der Waals surface area contributed by atoms with Crippen molar-refractivity contribution in [3.8, 4) is 11.1 Å². The van der Waals surface area contributed by atoms with Crippen molar-refractivity contribution in [1.82, 2.24) is 14.8 Å². The number of hydrogen-bond donors (Lipinski definition) is 1. The van der Waals surface area contributed by atoms with Gasteiger partial charge in [-0.15, -0.1) is 11.3 Å². The molecular formula is C24H25N5O2S. The smallest absolute Gasteiger partial charge is 0.254 e. The molecular weight excluding hydrogens is 422 g/mol. The molecule has 3 aromatic rings. The van der Waals surface area contributed by atoms with E-state index in [1.54, 1.807) is 16.5 Å². The van der Waals surface area contributed by atoms with Crippen molar-refractivity contribution in [1.29, 1.82) is 0 Å². The zero-order chi connectivity index (χ0) is 22.1. The van der Waals surface area contributed by atoms with Gasteiger partial charge in [0, 0.05) is 55.6 Å².